The van der Waals surface area contributed by atoms with Crippen molar-refractivity contribution < 1.29 is 19.0 Å². The maximum Gasteiger partial charge on any atom is 0.347 e. The number of rotatable bonds is 7. The molecule has 21 heavy (non-hydrogen) atoms. The first kappa shape index (κ1) is 15.9. The summed E-state index contributed by atoms with van der Waals surface area (Å²) in [5, 5.41) is 3.87. The number of nitrogens with one attached hydrogen (secondary N) is 1. The summed E-state index contributed by atoms with van der Waals surface area (Å²) in [6.07, 6.45) is 1.000. The normalized spacial score (nSPS) is 17.7. The van der Waals surface area contributed by atoms with Gasteiger partial charge in [0.1, 0.15) is 0 Å². The van der Waals surface area contributed by atoms with E-state index >= 15 is 0 Å². The third kappa shape index (κ3) is 4.02. The van der Waals surface area contributed by atoms with Crippen LogP contribution in [0.15, 0.2) is 12.1 Å². The zero-order chi connectivity index (χ0) is 15.2. The Bertz CT molecular complexity index is 507. The van der Waals surface area contributed by atoms with Gasteiger partial charge < -0.3 is 19.5 Å². The van der Waals surface area contributed by atoms with Crippen molar-refractivity contribution >= 4 is 17.6 Å². The highest BCUT2D eigenvalue weighted by Crippen LogP contribution is 2.36. The van der Waals surface area contributed by atoms with E-state index in [1.807, 2.05) is 6.07 Å². The minimum Gasteiger partial charge on any atom is -0.493 e. The lowest BCUT2D eigenvalue weighted by Crippen LogP contribution is -2.23. The number of hydrogen-bond acceptors (Lipinski definition) is 5. The number of halogens is 1. The van der Waals surface area contributed by atoms with Crippen molar-refractivity contribution in [1.29, 1.82) is 0 Å². The standard InChI is InChI=1S/C15H20ClNO4/c1-3-5-17-9-10-7-11(16)8-13(19-2)14(10)21-12-4-6-20-15(12)18/h7-8,12,17H,3-6,9H2,1-2H3. The van der Waals surface area contributed by atoms with E-state index in [0.717, 1.165) is 18.5 Å². The van der Waals surface area contributed by atoms with Crippen LogP contribution >= 0.6 is 11.6 Å². The SMILES string of the molecule is CCCNCc1cc(Cl)cc(OC)c1OC1CCOC1=O. The first-order valence-corrected chi connectivity index (χ1v) is 7.44. The zero-order valence-corrected chi connectivity index (χ0v) is 13.0. The summed E-state index contributed by atoms with van der Waals surface area (Å²) >= 11 is 6.10. The Hall–Kier alpha value is -1.46. The van der Waals surface area contributed by atoms with Crippen LogP contribution in [-0.4, -0.2) is 32.3 Å². The lowest BCUT2D eigenvalue weighted by Gasteiger charge is -2.18. The van der Waals surface area contributed by atoms with E-state index < -0.39 is 6.10 Å². The van der Waals surface area contributed by atoms with Gasteiger partial charge in [-0.15, -0.1) is 0 Å². The van der Waals surface area contributed by atoms with Crippen molar-refractivity contribution in [2.75, 3.05) is 20.3 Å². The molecule has 0 bridgehead atoms. The lowest BCUT2D eigenvalue weighted by atomic mass is 10.1. The highest BCUT2D eigenvalue weighted by Gasteiger charge is 2.30. The van der Waals surface area contributed by atoms with Crippen LogP contribution < -0.4 is 14.8 Å². The molecular weight excluding hydrogens is 294 g/mol. The van der Waals surface area contributed by atoms with Gasteiger partial charge in [0.2, 0.25) is 0 Å². The summed E-state index contributed by atoms with van der Waals surface area (Å²) in [5.41, 5.74) is 0.868. The van der Waals surface area contributed by atoms with Gasteiger partial charge in [0.25, 0.3) is 0 Å². The van der Waals surface area contributed by atoms with Crippen LogP contribution in [0, 0.1) is 0 Å². The molecule has 1 aliphatic heterocycles. The second kappa shape index (κ2) is 7.52. The Morgan fingerprint density at radius 3 is 2.90 bits per heavy atom. The van der Waals surface area contributed by atoms with Crippen molar-refractivity contribution in [3.05, 3.63) is 22.7 Å². The lowest BCUT2D eigenvalue weighted by molar-refractivity contribution is -0.143. The Labute approximate surface area is 129 Å². The number of methoxy groups -OCH3 is 1. The molecule has 0 aromatic heterocycles. The quantitative estimate of drug-likeness (QED) is 0.619. The van der Waals surface area contributed by atoms with Gasteiger partial charge in [-0.1, -0.05) is 18.5 Å². The van der Waals surface area contributed by atoms with E-state index in [9.17, 15) is 4.79 Å². The average Bonchev–Trinajstić information content (AvgIpc) is 2.87. The Morgan fingerprint density at radius 2 is 2.29 bits per heavy atom. The van der Waals surface area contributed by atoms with Crippen LogP contribution in [0.2, 0.25) is 5.02 Å². The summed E-state index contributed by atoms with van der Waals surface area (Å²) < 4.78 is 16.1. The predicted molar refractivity (Wildman–Crippen MR) is 80.0 cm³/mol. The Kier molecular flexibility index (Phi) is 5.70. The third-order valence-electron chi connectivity index (χ3n) is 3.21. The summed E-state index contributed by atoms with van der Waals surface area (Å²) in [7, 11) is 1.55. The largest absolute Gasteiger partial charge is 0.493 e. The van der Waals surface area contributed by atoms with Gasteiger partial charge in [-0.3, -0.25) is 0 Å². The topological polar surface area (TPSA) is 56.8 Å². The number of ether oxygens (including phenoxy) is 3. The number of benzene rings is 1. The monoisotopic (exact) mass is 313 g/mol. The van der Waals surface area contributed by atoms with Crippen LogP contribution in [-0.2, 0) is 16.1 Å². The molecule has 1 saturated heterocycles. The maximum atomic E-state index is 11.6. The predicted octanol–water partition coefficient (Wildman–Crippen LogP) is 2.54. The fourth-order valence-corrected chi connectivity index (χ4v) is 2.40. The molecule has 1 fully saturated rings. The molecule has 116 valence electrons. The van der Waals surface area contributed by atoms with E-state index in [0.29, 0.717) is 36.1 Å². The van der Waals surface area contributed by atoms with Gasteiger partial charge in [-0.2, -0.15) is 0 Å². The summed E-state index contributed by atoms with van der Waals surface area (Å²) in [6, 6.07) is 3.50. The van der Waals surface area contributed by atoms with Gasteiger partial charge in [-0.25, -0.2) is 4.79 Å². The third-order valence-corrected chi connectivity index (χ3v) is 3.42. The van der Waals surface area contributed by atoms with Gasteiger partial charge in [-0.05, 0) is 19.0 Å². The van der Waals surface area contributed by atoms with Crippen LogP contribution in [0.1, 0.15) is 25.3 Å². The minimum absolute atomic E-state index is 0.334. The molecule has 1 N–H and O–H groups in total. The van der Waals surface area contributed by atoms with Gasteiger partial charge in [0.15, 0.2) is 17.6 Å². The molecule has 1 aliphatic rings. The van der Waals surface area contributed by atoms with Crippen LogP contribution in [0.5, 0.6) is 11.5 Å². The second-order valence-corrected chi connectivity index (χ2v) is 5.27. The first-order valence-electron chi connectivity index (χ1n) is 7.06. The number of cyclic esters (lactones) is 1. The molecule has 1 aromatic rings. The minimum atomic E-state index is -0.579. The molecule has 1 atom stereocenters. The molecular formula is C15H20ClNO4. The highest BCUT2D eigenvalue weighted by atomic mass is 35.5. The van der Waals surface area contributed by atoms with Crippen molar-refractivity contribution in [3.8, 4) is 11.5 Å². The highest BCUT2D eigenvalue weighted by molar-refractivity contribution is 6.30. The van der Waals surface area contributed by atoms with E-state index in [-0.39, 0.29) is 5.97 Å². The number of carbonyl (C=O) groups is 1. The summed E-state index contributed by atoms with van der Waals surface area (Å²) in [6.45, 7) is 3.97. The van der Waals surface area contributed by atoms with Crippen molar-refractivity contribution in [1.82, 2.24) is 5.32 Å². The fourth-order valence-electron chi connectivity index (χ4n) is 2.17. The maximum absolute atomic E-state index is 11.6. The van der Waals surface area contributed by atoms with E-state index in [2.05, 4.69) is 12.2 Å². The molecule has 1 aromatic carbocycles. The van der Waals surface area contributed by atoms with Crippen molar-refractivity contribution in [2.24, 2.45) is 0 Å². The number of hydrogen-bond donors (Lipinski definition) is 1. The smallest absolute Gasteiger partial charge is 0.347 e. The molecule has 1 unspecified atom stereocenters. The molecule has 0 aliphatic carbocycles. The molecule has 2 rings (SSSR count). The van der Waals surface area contributed by atoms with E-state index in [1.165, 1.54) is 0 Å². The number of esters is 1. The van der Waals surface area contributed by atoms with Crippen molar-refractivity contribution in [2.45, 2.75) is 32.4 Å². The van der Waals surface area contributed by atoms with E-state index in [4.69, 9.17) is 25.8 Å². The van der Waals surface area contributed by atoms with Crippen LogP contribution in [0.3, 0.4) is 0 Å². The van der Waals surface area contributed by atoms with Crippen molar-refractivity contribution in [3.63, 3.8) is 0 Å². The Balaban J connectivity index is 2.24. The van der Waals surface area contributed by atoms with Gasteiger partial charge >= 0.3 is 5.97 Å². The van der Waals surface area contributed by atoms with Crippen LogP contribution in [0.4, 0.5) is 0 Å². The Morgan fingerprint density at radius 1 is 1.48 bits per heavy atom. The molecule has 0 spiro atoms. The summed E-state index contributed by atoms with van der Waals surface area (Å²) in [5.74, 6) is 0.740. The molecule has 5 nitrogen and oxygen atoms in total. The van der Waals surface area contributed by atoms with Crippen LogP contribution in [0.25, 0.3) is 0 Å². The fraction of sp³-hybridized carbons (Fsp3) is 0.533. The van der Waals surface area contributed by atoms with Gasteiger partial charge in [0.05, 0.1) is 13.7 Å². The molecule has 0 radical (unpaired) electrons. The number of carbonyl (C=O) groups excluding carboxylic acids is 1. The molecule has 0 saturated carbocycles. The molecule has 0 amide bonds. The summed E-state index contributed by atoms with van der Waals surface area (Å²) in [4.78, 5) is 11.6. The molecule has 1 heterocycles. The van der Waals surface area contributed by atoms with E-state index in [1.54, 1.807) is 13.2 Å². The average molecular weight is 314 g/mol. The zero-order valence-electron chi connectivity index (χ0n) is 12.3. The molecule has 6 heteroatoms. The van der Waals surface area contributed by atoms with Gasteiger partial charge in [0, 0.05) is 29.6 Å². The first-order chi connectivity index (χ1) is 10.2. The second-order valence-electron chi connectivity index (χ2n) is 4.84.